The molecule has 1 heterocycles. The molecule has 13 heavy (non-hydrogen) atoms. The summed E-state index contributed by atoms with van der Waals surface area (Å²) in [5.41, 5.74) is 1.60. The molecule has 0 atom stereocenters. The van der Waals surface area contributed by atoms with Crippen molar-refractivity contribution in [2.75, 3.05) is 18.0 Å². The summed E-state index contributed by atoms with van der Waals surface area (Å²) in [7, 11) is 5.54. The molecule has 0 aromatic heterocycles. The molecule has 0 bridgehead atoms. The van der Waals surface area contributed by atoms with Crippen molar-refractivity contribution in [1.29, 1.82) is 0 Å². The number of amides is 2. The Balaban J connectivity index is 2.25. The highest BCUT2D eigenvalue weighted by atomic mass is 16.2. The van der Waals surface area contributed by atoms with E-state index in [1.165, 1.54) is 0 Å². The monoisotopic (exact) mass is 172 g/mol. The fraction of sp³-hybridized carbons (Fsp3) is 0.222. The molecule has 0 saturated carbocycles. The molecule has 1 saturated heterocycles. The van der Waals surface area contributed by atoms with Gasteiger partial charge in [-0.2, -0.15) is 0 Å². The van der Waals surface area contributed by atoms with Crippen molar-refractivity contribution < 1.29 is 4.79 Å². The zero-order chi connectivity index (χ0) is 9.26. The molecule has 1 aromatic rings. The summed E-state index contributed by atoms with van der Waals surface area (Å²) in [6.07, 6.45) is 0. The number of nitrogens with one attached hydrogen (secondary N) is 1. The van der Waals surface area contributed by atoms with Gasteiger partial charge in [-0.25, -0.2) is 4.79 Å². The molecule has 4 heteroatoms. The quantitative estimate of drug-likeness (QED) is 0.594. The van der Waals surface area contributed by atoms with Gasteiger partial charge in [-0.1, -0.05) is 17.6 Å². The minimum absolute atomic E-state index is 0.0372. The maximum atomic E-state index is 11.2. The lowest BCUT2D eigenvalue weighted by Gasteiger charge is -2.13. The molecular formula is C9H9BN2O. The molecule has 1 aromatic carbocycles. The average Bonchev–Trinajstić information content (AvgIpc) is 2.53. The number of carbonyl (C=O) groups is 1. The zero-order valence-electron chi connectivity index (χ0n) is 7.16. The second kappa shape index (κ2) is 3.13. The first kappa shape index (κ1) is 8.17. The van der Waals surface area contributed by atoms with Crippen LogP contribution in [-0.2, 0) is 0 Å². The van der Waals surface area contributed by atoms with E-state index in [0.29, 0.717) is 12.0 Å². The summed E-state index contributed by atoms with van der Waals surface area (Å²) in [6, 6.07) is 7.24. The fourth-order valence-electron chi connectivity index (χ4n) is 1.37. The van der Waals surface area contributed by atoms with Crippen LogP contribution in [-0.4, -0.2) is 27.0 Å². The van der Waals surface area contributed by atoms with Gasteiger partial charge >= 0.3 is 6.03 Å². The molecule has 2 rings (SSSR count). The molecular weight excluding hydrogens is 163 g/mol. The lowest BCUT2D eigenvalue weighted by atomic mass is 9.96. The van der Waals surface area contributed by atoms with Crippen LogP contribution in [0.5, 0.6) is 0 Å². The molecule has 0 unspecified atom stereocenters. The predicted molar refractivity (Wildman–Crippen MR) is 52.6 cm³/mol. The number of rotatable bonds is 1. The van der Waals surface area contributed by atoms with Crippen LogP contribution >= 0.6 is 0 Å². The summed E-state index contributed by atoms with van der Waals surface area (Å²) >= 11 is 0. The Bertz CT molecular complexity index is 323. The largest absolute Gasteiger partial charge is 0.336 e. The van der Waals surface area contributed by atoms with Crippen LogP contribution in [0, 0.1) is 0 Å². The third kappa shape index (κ3) is 1.52. The van der Waals surface area contributed by atoms with E-state index in [1.54, 1.807) is 17.0 Å². The fourth-order valence-corrected chi connectivity index (χ4v) is 1.37. The molecule has 0 aliphatic carbocycles. The van der Waals surface area contributed by atoms with Crippen molar-refractivity contribution in [2.24, 2.45) is 0 Å². The molecule has 1 N–H and O–H groups in total. The lowest BCUT2D eigenvalue weighted by Crippen LogP contribution is -2.27. The molecule has 3 nitrogen and oxygen atoms in total. The number of benzene rings is 1. The number of carbonyl (C=O) groups excluding carboxylic acids is 1. The average molecular weight is 172 g/mol. The third-order valence-corrected chi connectivity index (χ3v) is 2.06. The van der Waals surface area contributed by atoms with Crippen molar-refractivity contribution >= 4 is 25.0 Å². The second-order valence-electron chi connectivity index (χ2n) is 2.98. The van der Waals surface area contributed by atoms with Gasteiger partial charge in [0.05, 0.1) is 0 Å². The van der Waals surface area contributed by atoms with E-state index < -0.39 is 0 Å². The zero-order valence-corrected chi connectivity index (χ0v) is 7.16. The minimum Gasteiger partial charge on any atom is -0.336 e. The van der Waals surface area contributed by atoms with Crippen molar-refractivity contribution in [2.45, 2.75) is 0 Å². The van der Waals surface area contributed by atoms with Crippen LogP contribution in [0.3, 0.4) is 0 Å². The highest BCUT2D eigenvalue weighted by molar-refractivity contribution is 6.32. The topological polar surface area (TPSA) is 32.3 Å². The van der Waals surface area contributed by atoms with Gasteiger partial charge in [0, 0.05) is 18.8 Å². The Morgan fingerprint density at radius 3 is 2.54 bits per heavy atom. The summed E-state index contributed by atoms with van der Waals surface area (Å²) < 4.78 is 0. The summed E-state index contributed by atoms with van der Waals surface area (Å²) in [5.74, 6) is 0. The number of urea groups is 1. The third-order valence-electron chi connectivity index (χ3n) is 2.06. The van der Waals surface area contributed by atoms with Gasteiger partial charge in [0.1, 0.15) is 7.85 Å². The Hall–Kier alpha value is -1.45. The molecule has 64 valence electrons. The highest BCUT2D eigenvalue weighted by Gasteiger charge is 2.20. The summed E-state index contributed by atoms with van der Waals surface area (Å²) in [5, 5.41) is 2.74. The standard InChI is InChI=1S/C9H9BN2O/c10-7-1-3-8(4-2-7)12-6-5-11-9(12)13/h1-4H,5-6H2,(H,11,13). The van der Waals surface area contributed by atoms with Crippen molar-refractivity contribution in [3.8, 4) is 0 Å². The van der Waals surface area contributed by atoms with Gasteiger partial charge in [-0.15, -0.1) is 0 Å². The van der Waals surface area contributed by atoms with Crippen molar-refractivity contribution in [3.63, 3.8) is 0 Å². The Morgan fingerprint density at radius 2 is 2.00 bits per heavy atom. The Kier molecular flexibility index (Phi) is 1.96. The number of hydrogen-bond donors (Lipinski definition) is 1. The molecule has 0 spiro atoms. The first-order valence-electron chi connectivity index (χ1n) is 4.18. The van der Waals surface area contributed by atoms with Crippen LogP contribution < -0.4 is 15.7 Å². The first-order chi connectivity index (χ1) is 6.27. The van der Waals surface area contributed by atoms with E-state index in [4.69, 9.17) is 7.85 Å². The SMILES string of the molecule is [B]c1ccc(N2CCNC2=O)cc1. The van der Waals surface area contributed by atoms with Gasteiger partial charge in [0.15, 0.2) is 0 Å². The van der Waals surface area contributed by atoms with Gasteiger partial charge < -0.3 is 5.32 Å². The smallest absolute Gasteiger partial charge is 0.321 e. The number of nitrogens with zero attached hydrogens (tertiary/aromatic N) is 1. The van der Waals surface area contributed by atoms with E-state index in [2.05, 4.69) is 5.32 Å². The van der Waals surface area contributed by atoms with Crippen LogP contribution in [0.1, 0.15) is 0 Å². The predicted octanol–water partition coefficient (Wildman–Crippen LogP) is 0.01000. The van der Waals surface area contributed by atoms with Crippen LogP contribution in [0.25, 0.3) is 0 Å². The minimum atomic E-state index is -0.0372. The van der Waals surface area contributed by atoms with Crippen LogP contribution in [0.15, 0.2) is 24.3 Å². The van der Waals surface area contributed by atoms with E-state index in [1.807, 2.05) is 12.1 Å². The molecule has 1 aliphatic heterocycles. The van der Waals surface area contributed by atoms with Gasteiger partial charge in [0.2, 0.25) is 0 Å². The van der Waals surface area contributed by atoms with Crippen LogP contribution in [0.4, 0.5) is 10.5 Å². The van der Waals surface area contributed by atoms with E-state index >= 15 is 0 Å². The second-order valence-corrected chi connectivity index (χ2v) is 2.98. The van der Waals surface area contributed by atoms with E-state index in [-0.39, 0.29) is 6.03 Å². The lowest BCUT2D eigenvalue weighted by molar-refractivity contribution is 0.252. The van der Waals surface area contributed by atoms with Crippen molar-refractivity contribution in [3.05, 3.63) is 24.3 Å². The van der Waals surface area contributed by atoms with Gasteiger partial charge in [-0.3, -0.25) is 4.90 Å². The maximum absolute atomic E-state index is 11.2. The summed E-state index contributed by atoms with van der Waals surface area (Å²) in [6.45, 7) is 1.44. The maximum Gasteiger partial charge on any atom is 0.321 e. The van der Waals surface area contributed by atoms with Crippen LogP contribution in [0.2, 0.25) is 0 Å². The van der Waals surface area contributed by atoms with Crippen molar-refractivity contribution in [1.82, 2.24) is 5.32 Å². The van der Waals surface area contributed by atoms with Gasteiger partial charge in [-0.05, 0) is 12.1 Å². The summed E-state index contributed by atoms with van der Waals surface area (Å²) in [4.78, 5) is 12.9. The first-order valence-corrected chi connectivity index (χ1v) is 4.18. The number of anilines is 1. The molecule has 1 aliphatic rings. The highest BCUT2D eigenvalue weighted by Crippen LogP contribution is 2.13. The molecule has 2 amide bonds. The Labute approximate surface area is 78.1 Å². The normalized spacial score (nSPS) is 16.0. The number of hydrogen-bond acceptors (Lipinski definition) is 1. The molecule has 1 fully saturated rings. The Morgan fingerprint density at radius 1 is 1.31 bits per heavy atom. The molecule has 2 radical (unpaired) electrons. The van der Waals surface area contributed by atoms with E-state index in [0.717, 1.165) is 12.2 Å². The van der Waals surface area contributed by atoms with Gasteiger partial charge in [0.25, 0.3) is 0 Å². The van der Waals surface area contributed by atoms with E-state index in [9.17, 15) is 4.79 Å².